The van der Waals surface area contributed by atoms with E-state index in [4.69, 9.17) is 0 Å². The first-order valence-electron chi connectivity index (χ1n) is 7.14. The highest BCUT2D eigenvalue weighted by Crippen LogP contribution is 2.27. The topological polar surface area (TPSA) is 48.0 Å². The van der Waals surface area contributed by atoms with Crippen LogP contribution in [0.2, 0.25) is 0 Å². The first-order valence-corrected chi connectivity index (χ1v) is 7.14. The van der Waals surface area contributed by atoms with Crippen molar-refractivity contribution in [2.45, 2.75) is 27.0 Å². The van der Waals surface area contributed by atoms with Crippen LogP contribution >= 0.6 is 0 Å². The molecule has 0 saturated heterocycles. The fourth-order valence-corrected chi connectivity index (χ4v) is 2.87. The normalized spacial score (nSPS) is 12.6. The predicted molar refractivity (Wildman–Crippen MR) is 87.5 cm³/mol. The number of anilines is 1. The minimum atomic E-state index is -0.752. The molecule has 0 bridgehead atoms. The quantitative estimate of drug-likeness (QED) is 0.630. The SMILES string of the molecule is Cc1cc(C)c(NC(O)c2cc3ccccc3[nH]2)c(C)c1. The van der Waals surface area contributed by atoms with Crippen molar-refractivity contribution in [3.05, 3.63) is 64.8 Å². The molecule has 0 fully saturated rings. The van der Waals surface area contributed by atoms with E-state index in [0.29, 0.717) is 0 Å². The molecule has 2 aromatic carbocycles. The summed E-state index contributed by atoms with van der Waals surface area (Å²) in [5.74, 6) is 0. The van der Waals surface area contributed by atoms with Gasteiger partial charge in [-0.2, -0.15) is 0 Å². The van der Waals surface area contributed by atoms with Gasteiger partial charge in [-0.05, 0) is 49.4 Å². The Kier molecular flexibility index (Phi) is 3.43. The van der Waals surface area contributed by atoms with Gasteiger partial charge in [0.1, 0.15) is 0 Å². The van der Waals surface area contributed by atoms with Gasteiger partial charge in [-0.25, -0.2) is 0 Å². The molecule has 1 aromatic heterocycles. The lowest BCUT2D eigenvalue weighted by Crippen LogP contribution is -2.12. The number of aliphatic hydroxyl groups is 1. The van der Waals surface area contributed by atoms with Crippen molar-refractivity contribution in [3.63, 3.8) is 0 Å². The number of rotatable bonds is 3. The first kappa shape index (κ1) is 13.7. The van der Waals surface area contributed by atoms with Gasteiger partial charge in [-0.1, -0.05) is 35.9 Å². The fourth-order valence-electron chi connectivity index (χ4n) is 2.87. The summed E-state index contributed by atoms with van der Waals surface area (Å²) in [7, 11) is 0. The molecule has 3 nitrogen and oxygen atoms in total. The molecule has 0 aliphatic heterocycles. The summed E-state index contributed by atoms with van der Waals surface area (Å²) in [5.41, 5.74) is 6.31. The number of hydrogen-bond donors (Lipinski definition) is 3. The number of aliphatic hydroxyl groups excluding tert-OH is 1. The second kappa shape index (κ2) is 5.26. The van der Waals surface area contributed by atoms with Crippen LogP contribution in [0.5, 0.6) is 0 Å². The van der Waals surface area contributed by atoms with E-state index in [0.717, 1.165) is 33.4 Å². The Hall–Kier alpha value is -2.26. The van der Waals surface area contributed by atoms with Crippen molar-refractivity contribution in [2.75, 3.05) is 5.32 Å². The van der Waals surface area contributed by atoms with E-state index in [1.54, 1.807) is 0 Å². The lowest BCUT2D eigenvalue weighted by atomic mass is 10.0. The molecule has 0 radical (unpaired) electrons. The molecule has 21 heavy (non-hydrogen) atoms. The van der Waals surface area contributed by atoms with Crippen LogP contribution in [0.4, 0.5) is 5.69 Å². The van der Waals surface area contributed by atoms with Crippen molar-refractivity contribution in [2.24, 2.45) is 0 Å². The number of para-hydroxylation sites is 1. The molecule has 0 spiro atoms. The van der Waals surface area contributed by atoms with Gasteiger partial charge in [-0.3, -0.25) is 0 Å². The maximum atomic E-state index is 10.5. The minimum absolute atomic E-state index is 0.752. The molecule has 0 aliphatic carbocycles. The smallest absolute Gasteiger partial charge is 0.165 e. The average molecular weight is 280 g/mol. The lowest BCUT2D eigenvalue weighted by Gasteiger charge is -2.18. The van der Waals surface area contributed by atoms with E-state index in [9.17, 15) is 5.11 Å². The molecule has 0 aliphatic rings. The maximum absolute atomic E-state index is 10.5. The summed E-state index contributed by atoms with van der Waals surface area (Å²) in [4.78, 5) is 3.25. The van der Waals surface area contributed by atoms with E-state index in [2.05, 4.69) is 43.2 Å². The van der Waals surface area contributed by atoms with Crippen LogP contribution in [0.25, 0.3) is 10.9 Å². The largest absolute Gasteiger partial charge is 0.368 e. The highest BCUT2D eigenvalue weighted by Gasteiger charge is 2.13. The lowest BCUT2D eigenvalue weighted by molar-refractivity contribution is 0.204. The molecule has 0 amide bonds. The molecular formula is C18H20N2O. The van der Waals surface area contributed by atoms with Gasteiger partial charge >= 0.3 is 0 Å². The minimum Gasteiger partial charge on any atom is -0.368 e. The third-order valence-electron chi connectivity index (χ3n) is 3.80. The molecule has 1 unspecified atom stereocenters. The molecule has 3 aromatic rings. The molecule has 3 N–H and O–H groups in total. The summed E-state index contributed by atoms with van der Waals surface area (Å²) in [5, 5.41) is 14.8. The number of aromatic amines is 1. The van der Waals surface area contributed by atoms with Crippen LogP contribution in [-0.4, -0.2) is 10.1 Å². The second-order valence-corrected chi connectivity index (χ2v) is 5.63. The van der Waals surface area contributed by atoms with Crippen molar-refractivity contribution >= 4 is 16.6 Å². The molecular weight excluding hydrogens is 260 g/mol. The molecule has 108 valence electrons. The summed E-state index contributed by atoms with van der Waals surface area (Å²) < 4.78 is 0. The number of H-pyrrole nitrogens is 1. The molecule has 1 atom stereocenters. The number of aromatic nitrogens is 1. The van der Waals surface area contributed by atoms with E-state index in [1.807, 2.05) is 30.3 Å². The van der Waals surface area contributed by atoms with Crippen LogP contribution in [0.3, 0.4) is 0 Å². The van der Waals surface area contributed by atoms with Crippen molar-refractivity contribution in [3.8, 4) is 0 Å². The first-order chi connectivity index (χ1) is 10.0. The summed E-state index contributed by atoms with van der Waals surface area (Å²) in [6.07, 6.45) is -0.752. The summed E-state index contributed by atoms with van der Waals surface area (Å²) >= 11 is 0. The zero-order valence-electron chi connectivity index (χ0n) is 12.6. The zero-order valence-corrected chi connectivity index (χ0v) is 12.6. The fraction of sp³-hybridized carbons (Fsp3) is 0.222. The highest BCUT2D eigenvalue weighted by molar-refractivity contribution is 5.80. The van der Waals surface area contributed by atoms with Crippen molar-refractivity contribution in [1.82, 2.24) is 4.98 Å². The Morgan fingerprint density at radius 3 is 2.33 bits per heavy atom. The Labute approximate surface area is 124 Å². The Morgan fingerprint density at radius 2 is 1.67 bits per heavy atom. The van der Waals surface area contributed by atoms with Crippen LogP contribution in [0.15, 0.2) is 42.5 Å². The third kappa shape index (κ3) is 2.65. The zero-order chi connectivity index (χ0) is 15.0. The molecule has 1 heterocycles. The van der Waals surface area contributed by atoms with Gasteiger partial charge in [0, 0.05) is 11.2 Å². The van der Waals surface area contributed by atoms with Gasteiger partial charge < -0.3 is 15.4 Å². The van der Waals surface area contributed by atoms with Gasteiger partial charge in [0.05, 0.1) is 5.69 Å². The van der Waals surface area contributed by atoms with Crippen LogP contribution < -0.4 is 5.32 Å². The molecule has 0 saturated carbocycles. The van der Waals surface area contributed by atoms with Crippen LogP contribution in [0.1, 0.15) is 28.6 Å². The molecule has 3 rings (SSSR count). The standard InChI is InChI=1S/C18H20N2O/c1-11-8-12(2)17(13(3)9-11)20-18(21)16-10-14-6-4-5-7-15(14)19-16/h4-10,18-21H,1-3H3. The maximum Gasteiger partial charge on any atom is 0.165 e. The van der Waals surface area contributed by atoms with Crippen molar-refractivity contribution in [1.29, 1.82) is 0 Å². The van der Waals surface area contributed by atoms with Crippen LogP contribution in [0, 0.1) is 20.8 Å². The Morgan fingerprint density at radius 1 is 1.00 bits per heavy atom. The second-order valence-electron chi connectivity index (χ2n) is 5.63. The van der Waals surface area contributed by atoms with Gasteiger partial charge in [0.2, 0.25) is 0 Å². The van der Waals surface area contributed by atoms with Gasteiger partial charge in [-0.15, -0.1) is 0 Å². The number of benzene rings is 2. The van der Waals surface area contributed by atoms with Crippen molar-refractivity contribution < 1.29 is 5.11 Å². The van der Waals surface area contributed by atoms with E-state index < -0.39 is 6.23 Å². The third-order valence-corrected chi connectivity index (χ3v) is 3.80. The van der Waals surface area contributed by atoms with Gasteiger partial charge in [0.25, 0.3) is 0 Å². The highest BCUT2D eigenvalue weighted by atomic mass is 16.3. The number of nitrogens with one attached hydrogen (secondary N) is 2. The van der Waals surface area contributed by atoms with E-state index in [-0.39, 0.29) is 0 Å². The Bertz CT molecular complexity index is 733. The number of hydrogen-bond acceptors (Lipinski definition) is 2. The van der Waals surface area contributed by atoms with Crippen LogP contribution in [-0.2, 0) is 0 Å². The van der Waals surface area contributed by atoms with Gasteiger partial charge in [0.15, 0.2) is 6.23 Å². The van der Waals surface area contributed by atoms with E-state index >= 15 is 0 Å². The summed E-state index contributed by atoms with van der Waals surface area (Å²) in [6, 6.07) is 14.2. The summed E-state index contributed by atoms with van der Waals surface area (Å²) in [6.45, 7) is 6.19. The monoisotopic (exact) mass is 280 g/mol. The Balaban J connectivity index is 1.91. The average Bonchev–Trinajstić information content (AvgIpc) is 2.86. The van der Waals surface area contributed by atoms with E-state index in [1.165, 1.54) is 5.56 Å². The number of fused-ring (bicyclic) bond motifs is 1. The molecule has 3 heteroatoms. The predicted octanol–water partition coefficient (Wildman–Crippen LogP) is 4.20. The number of aryl methyl sites for hydroxylation is 3.